The third kappa shape index (κ3) is 3.33. The lowest BCUT2D eigenvalue weighted by molar-refractivity contribution is -0.276. The number of fused-ring (bicyclic) bond motifs is 2. The lowest BCUT2D eigenvalue weighted by Gasteiger charge is -2.60. The van der Waals surface area contributed by atoms with Gasteiger partial charge in [0.1, 0.15) is 42.7 Å². The van der Waals surface area contributed by atoms with Crippen molar-refractivity contribution >= 4 is 17.9 Å². The van der Waals surface area contributed by atoms with E-state index in [0.717, 1.165) is 0 Å². The van der Waals surface area contributed by atoms with Crippen LogP contribution in [-0.2, 0) is 38.1 Å². The van der Waals surface area contributed by atoms with Crippen LogP contribution in [0.5, 0.6) is 0 Å². The quantitative estimate of drug-likeness (QED) is 0.240. The Morgan fingerprint density at radius 2 is 1.82 bits per heavy atom. The minimum atomic E-state index is -1.45. The second kappa shape index (κ2) is 8.29. The zero-order chi connectivity index (χ0) is 25.2. The maximum Gasteiger partial charge on any atom is 0.306 e. The molecule has 0 aromatic rings. The number of epoxide rings is 1. The second-order valence-corrected chi connectivity index (χ2v) is 10.6. The van der Waals surface area contributed by atoms with Gasteiger partial charge in [0.15, 0.2) is 0 Å². The van der Waals surface area contributed by atoms with Gasteiger partial charge < -0.3 is 33.9 Å². The number of esters is 3. The Kier molecular flexibility index (Phi) is 6.12. The molecule has 4 rings (SSSR count). The number of aliphatic hydroxyl groups is 2. The predicted octanol–water partition coefficient (Wildman–Crippen LogP) is 0.664. The third-order valence-corrected chi connectivity index (χ3v) is 8.07. The van der Waals surface area contributed by atoms with Crippen LogP contribution in [0.1, 0.15) is 48.0 Å². The van der Waals surface area contributed by atoms with Crippen LogP contribution in [-0.4, -0.2) is 83.6 Å². The Morgan fingerprint density at radius 3 is 2.35 bits per heavy atom. The summed E-state index contributed by atoms with van der Waals surface area (Å²) >= 11 is 0. The summed E-state index contributed by atoms with van der Waals surface area (Å²) in [5.74, 6) is -1.63. The lowest BCUT2D eigenvalue weighted by Crippen LogP contribution is -2.73. The molecular weight excluding hydrogens is 448 g/mol. The van der Waals surface area contributed by atoms with Crippen molar-refractivity contribution in [2.75, 3.05) is 13.2 Å². The van der Waals surface area contributed by atoms with Crippen LogP contribution in [0.15, 0.2) is 11.6 Å². The average Bonchev–Trinajstić information content (AvgIpc) is 3.50. The molecule has 1 spiro atoms. The van der Waals surface area contributed by atoms with Gasteiger partial charge in [-0.3, -0.25) is 14.4 Å². The van der Waals surface area contributed by atoms with Crippen molar-refractivity contribution in [2.45, 2.75) is 90.2 Å². The van der Waals surface area contributed by atoms with Gasteiger partial charge in [0.2, 0.25) is 0 Å². The molecule has 10 heteroatoms. The van der Waals surface area contributed by atoms with E-state index < -0.39 is 71.0 Å². The fourth-order valence-electron chi connectivity index (χ4n) is 6.38. The van der Waals surface area contributed by atoms with Crippen LogP contribution in [0.4, 0.5) is 0 Å². The van der Waals surface area contributed by atoms with Crippen molar-refractivity contribution in [1.29, 1.82) is 0 Å². The van der Waals surface area contributed by atoms with Gasteiger partial charge >= 0.3 is 17.9 Å². The number of rotatable bonds is 6. The Labute approximate surface area is 198 Å². The van der Waals surface area contributed by atoms with E-state index in [1.54, 1.807) is 19.9 Å². The van der Waals surface area contributed by atoms with E-state index in [9.17, 15) is 24.6 Å². The Hall–Kier alpha value is -2.01. The van der Waals surface area contributed by atoms with Crippen LogP contribution >= 0.6 is 0 Å². The van der Waals surface area contributed by atoms with Crippen molar-refractivity contribution in [3.05, 3.63) is 11.6 Å². The van der Waals surface area contributed by atoms with Gasteiger partial charge in [-0.25, -0.2) is 0 Å². The van der Waals surface area contributed by atoms with Crippen molar-refractivity contribution < 1.29 is 48.3 Å². The van der Waals surface area contributed by atoms with Gasteiger partial charge in [0.05, 0.1) is 23.5 Å². The Bertz CT molecular complexity index is 907. The maximum absolute atomic E-state index is 12.6. The monoisotopic (exact) mass is 482 g/mol. The van der Waals surface area contributed by atoms with Crippen LogP contribution in [0.3, 0.4) is 0 Å². The number of carbonyl (C=O) groups excluding carboxylic acids is 3. The van der Waals surface area contributed by atoms with E-state index in [1.807, 2.05) is 13.8 Å². The molecule has 2 aliphatic heterocycles. The summed E-state index contributed by atoms with van der Waals surface area (Å²) in [5, 5.41) is 23.1. The van der Waals surface area contributed by atoms with E-state index in [2.05, 4.69) is 0 Å². The molecule has 4 unspecified atom stereocenters. The van der Waals surface area contributed by atoms with Gasteiger partial charge in [-0.1, -0.05) is 26.8 Å². The summed E-state index contributed by atoms with van der Waals surface area (Å²) in [6.07, 6.45) is -4.59. The zero-order valence-electron chi connectivity index (χ0n) is 20.4. The molecule has 2 saturated heterocycles. The first-order valence-electron chi connectivity index (χ1n) is 11.7. The van der Waals surface area contributed by atoms with Crippen LogP contribution in [0.25, 0.3) is 0 Å². The van der Waals surface area contributed by atoms with Crippen LogP contribution < -0.4 is 0 Å². The van der Waals surface area contributed by atoms with E-state index in [4.69, 9.17) is 23.7 Å². The highest BCUT2D eigenvalue weighted by Gasteiger charge is 2.87. The molecular formula is C24H34O10. The summed E-state index contributed by atoms with van der Waals surface area (Å²) < 4.78 is 29.0. The molecule has 3 fully saturated rings. The first-order valence-corrected chi connectivity index (χ1v) is 11.7. The highest BCUT2D eigenvalue weighted by Crippen LogP contribution is 2.72. The normalized spacial score (nSPS) is 44.3. The number of aliphatic hydroxyl groups excluding tert-OH is 2. The number of ether oxygens (including phenoxy) is 5. The molecule has 34 heavy (non-hydrogen) atoms. The first-order chi connectivity index (χ1) is 15.8. The number of hydrogen-bond acceptors (Lipinski definition) is 10. The molecule has 0 aromatic carbocycles. The van der Waals surface area contributed by atoms with Crippen molar-refractivity contribution in [3.63, 3.8) is 0 Å². The Balaban J connectivity index is 1.85. The summed E-state index contributed by atoms with van der Waals surface area (Å²) in [7, 11) is 0. The van der Waals surface area contributed by atoms with Crippen molar-refractivity contribution in [1.82, 2.24) is 0 Å². The molecule has 2 N–H and O–H groups in total. The van der Waals surface area contributed by atoms with Gasteiger partial charge in [-0.05, 0) is 18.4 Å². The molecule has 10 nitrogen and oxygen atoms in total. The highest BCUT2D eigenvalue weighted by atomic mass is 16.7. The zero-order valence-corrected chi connectivity index (χ0v) is 20.4. The number of carbonyl (C=O) groups is 3. The van der Waals surface area contributed by atoms with E-state index >= 15 is 0 Å². The van der Waals surface area contributed by atoms with Crippen LogP contribution in [0.2, 0.25) is 0 Å². The summed E-state index contributed by atoms with van der Waals surface area (Å²) in [6, 6.07) is 0. The molecule has 2 aliphatic carbocycles. The minimum Gasteiger partial charge on any atom is -0.465 e. The minimum absolute atomic E-state index is 0.0537. The van der Waals surface area contributed by atoms with Crippen molar-refractivity contribution in [3.8, 4) is 0 Å². The molecule has 0 radical (unpaired) electrons. The van der Waals surface area contributed by atoms with E-state index in [-0.39, 0.29) is 25.6 Å². The summed E-state index contributed by atoms with van der Waals surface area (Å²) in [6.45, 7) is 9.58. The molecule has 4 aliphatic rings. The topological polar surface area (TPSA) is 141 Å². The predicted molar refractivity (Wildman–Crippen MR) is 115 cm³/mol. The van der Waals surface area contributed by atoms with E-state index in [1.165, 1.54) is 13.8 Å². The molecule has 0 aromatic heterocycles. The SMILES string of the molecule is CC(=O)OC[C@@]12C(C=C(C)[C@@H](OC(=O)CC(C)C)[C@H]1O)OC1C(O)C(OC(C)=O)[C@@]2(C)[C@@]12CO2. The average molecular weight is 483 g/mol. The van der Waals surface area contributed by atoms with Gasteiger partial charge in [-0.2, -0.15) is 0 Å². The lowest BCUT2D eigenvalue weighted by atomic mass is 9.49. The smallest absolute Gasteiger partial charge is 0.306 e. The standard InChI is InChI=1S/C24H34O10/c1-11(2)7-16(27)34-18-12(3)8-15-23(19(18)29,9-30-13(4)25)22(6)20(32-14(5)26)17(28)21(33-15)24(22)10-31-24/h8,11,15,17-21,28-29H,7,9-10H2,1-6H3/t15?,17?,18-,19-,20?,21?,22-,23-,24-/m1/s1. The van der Waals surface area contributed by atoms with Gasteiger partial charge in [-0.15, -0.1) is 0 Å². The fourth-order valence-corrected chi connectivity index (χ4v) is 6.38. The maximum atomic E-state index is 12.6. The van der Waals surface area contributed by atoms with E-state index in [0.29, 0.717) is 5.57 Å². The molecule has 2 bridgehead atoms. The molecule has 0 amide bonds. The second-order valence-electron chi connectivity index (χ2n) is 10.6. The van der Waals surface area contributed by atoms with Crippen LogP contribution in [0, 0.1) is 16.7 Å². The Morgan fingerprint density at radius 1 is 1.18 bits per heavy atom. The molecule has 1 saturated carbocycles. The number of hydrogen-bond donors (Lipinski definition) is 2. The summed E-state index contributed by atoms with van der Waals surface area (Å²) in [4.78, 5) is 36.5. The molecule has 190 valence electrons. The highest BCUT2D eigenvalue weighted by molar-refractivity contribution is 5.70. The summed E-state index contributed by atoms with van der Waals surface area (Å²) in [5.41, 5.74) is -3.20. The third-order valence-electron chi connectivity index (χ3n) is 8.07. The fraction of sp³-hybridized carbons (Fsp3) is 0.792. The largest absolute Gasteiger partial charge is 0.465 e. The molecule has 9 atom stereocenters. The molecule has 2 heterocycles. The first kappa shape index (κ1) is 25.1. The van der Waals surface area contributed by atoms with Gasteiger partial charge in [0, 0.05) is 20.3 Å². The van der Waals surface area contributed by atoms with Gasteiger partial charge in [0.25, 0.3) is 0 Å². The van der Waals surface area contributed by atoms with Crippen molar-refractivity contribution in [2.24, 2.45) is 16.7 Å².